The van der Waals surface area contributed by atoms with Gasteiger partial charge in [0.15, 0.2) is 11.5 Å². The summed E-state index contributed by atoms with van der Waals surface area (Å²) in [4.78, 5) is 12.9. The summed E-state index contributed by atoms with van der Waals surface area (Å²) in [5, 5.41) is 11.3. The van der Waals surface area contributed by atoms with E-state index < -0.39 is 0 Å². The minimum Gasteiger partial charge on any atom is -0.497 e. The van der Waals surface area contributed by atoms with Crippen LogP contribution in [0.1, 0.15) is 10.4 Å². The maximum atomic E-state index is 12.9. The molecule has 0 radical (unpaired) electrons. The number of nitrogens with one attached hydrogen (secondary N) is 1. The number of ether oxygens (including phenoxy) is 7. The van der Waals surface area contributed by atoms with E-state index in [2.05, 4.69) is 15.5 Å². The summed E-state index contributed by atoms with van der Waals surface area (Å²) in [6.45, 7) is 4.31. The maximum Gasteiger partial charge on any atom is 0.255 e. The molecule has 0 bridgehead atoms. The molecular formula is C30H35N3O8. The summed E-state index contributed by atoms with van der Waals surface area (Å²) in [5.74, 6) is 1.50. The highest BCUT2D eigenvalue weighted by molar-refractivity contribution is 6.04. The van der Waals surface area contributed by atoms with Gasteiger partial charge in [-0.3, -0.25) is 4.79 Å². The lowest BCUT2D eigenvalue weighted by Crippen LogP contribution is -2.16. The molecule has 1 aliphatic rings. The SMILES string of the molecule is COc1ccc(N=Nc2ccc(C(=O)Nc3ccc4c(c3)OCCOCCOCCOCCOCCO4)cc2)cc1. The molecule has 0 aromatic heterocycles. The van der Waals surface area contributed by atoms with Crippen molar-refractivity contribution in [3.63, 3.8) is 0 Å². The third-order valence-electron chi connectivity index (χ3n) is 5.77. The first-order chi connectivity index (χ1) is 20.2. The van der Waals surface area contributed by atoms with Crippen LogP contribution >= 0.6 is 0 Å². The first-order valence-electron chi connectivity index (χ1n) is 13.4. The standard InChI is InChI=1S/C30H35N3O8/c1-35-27-9-6-25(7-10-27)33-32-24-4-2-23(3-5-24)30(34)31-26-8-11-28-29(22-26)41-21-19-39-17-15-37-13-12-36-14-16-38-18-20-40-28/h2-11,22H,12-21H2,1H3,(H,31,34). The summed E-state index contributed by atoms with van der Waals surface area (Å²) in [7, 11) is 1.61. The molecule has 1 amide bonds. The number of hydrogen-bond donors (Lipinski definition) is 1. The molecule has 1 aliphatic heterocycles. The Balaban J connectivity index is 1.35. The lowest BCUT2D eigenvalue weighted by Gasteiger charge is -2.15. The molecule has 41 heavy (non-hydrogen) atoms. The molecule has 0 saturated heterocycles. The van der Waals surface area contributed by atoms with Crippen molar-refractivity contribution in [1.29, 1.82) is 0 Å². The largest absolute Gasteiger partial charge is 0.497 e. The summed E-state index contributed by atoms with van der Waals surface area (Å²) in [6, 6.07) is 19.3. The number of anilines is 1. The number of methoxy groups -OCH3 is 1. The Morgan fingerprint density at radius 2 is 1.12 bits per heavy atom. The number of carbonyl (C=O) groups excluding carboxylic acids is 1. The van der Waals surface area contributed by atoms with Crippen LogP contribution in [-0.2, 0) is 18.9 Å². The van der Waals surface area contributed by atoms with Crippen LogP contribution < -0.4 is 19.5 Å². The summed E-state index contributed by atoms with van der Waals surface area (Å²) in [6.07, 6.45) is 0. The van der Waals surface area contributed by atoms with Crippen LogP contribution in [0.2, 0.25) is 0 Å². The van der Waals surface area contributed by atoms with Gasteiger partial charge in [-0.2, -0.15) is 10.2 Å². The minimum atomic E-state index is -0.274. The molecule has 3 aromatic rings. The molecule has 0 fully saturated rings. The van der Waals surface area contributed by atoms with Crippen LogP contribution in [0.15, 0.2) is 77.0 Å². The smallest absolute Gasteiger partial charge is 0.255 e. The quantitative estimate of drug-likeness (QED) is 0.420. The average molecular weight is 566 g/mol. The zero-order valence-electron chi connectivity index (χ0n) is 23.1. The monoisotopic (exact) mass is 565 g/mol. The van der Waals surface area contributed by atoms with Gasteiger partial charge in [-0.1, -0.05) is 0 Å². The first-order valence-corrected chi connectivity index (χ1v) is 13.4. The summed E-state index contributed by atoms with van der Waals surface area (Å²) in [5.41, 5.74) is 2.35. The molecule has 3 aromatic carbocycles. The number of benzene rings is 3. The van der Waals surface area contributed by atoms with Crippen molar-refractivity contribution in [2.75, 3.05) is 78.5 Å². The van der Waals surface area contributed by atoms with Gasteiger partial charge in [-0.25, -0.2) is 0 Å². The number of hydrogen-bond acceptors (Lipinski definition) is 10. The number of carbonyl (C=O) groups is 1. The highest BCUT2D eigenvalue weighted by Crippen LogP contribution is 2.31. The third-order valence-corrected chi connectivity index (χ3v) is 5.77. The Kier molecular flexibility index (Phi) is 12.4. The van der Waals surface area contributed by atoms with Crippen LogP contribution in [-0.4, -0.2) is 79.1 Å². The van der Waals surface area contributed by atoms with Crippen molar-refractivity contribution in [1.82, 2.24) is 0 Å². The van der Waals surface area contributed by atoms with E-state index in [1.165, 1.54) is 0 Å². The normalized spacial score (nSPS) is 15.9. The van der Waals surface area contributed by atoms with Gasteiger partial charge in [-0.15, -0.1) is 0 Å². The Hall–Kier alpha value is -4.03. The number of fused-ring (bicyclic) bond motifs is 1. The molecule has 1 heterocycles. The zero-order chi connectivity index (χ0) is 28.5. The number of amides is 1. The van der Waals surface area contributed by atoms with Crippen LogP contribution in [0.4, 0.5) is 17.1 Å². The molecule has 218 valence electrons. The Labute approximate surface area is 239 Å². The van der Waals surface area contributed by atoms with E-state index in [9.17, 15) is 4.79 Å². The fourth-order valence-electron chi connectivity index (χ4n) is 3.65. The van der Waals surface area contributed by atoms with Crippen molar-refractivity contribution in [3.8, 4) is 17.2 Å². The van der Waals surface area contributed by atoms with Crippen LogP contribution in [0.25, 0.3) is 0 Å². The minimum absolute atomic E-state index is 0.274. The van der Waals surface area contributed by atoms with Crippen molar-refractivity contribution < 1.29 is 38.0 Å². The van der Waals surface area contributed by atoms with Gasteiger partial charge in [0.25, 0.3) is 5.91 Å². The molecule has 0 unspecified atom stereocenters. The highest BCUT2D eigenvalue weighted by atomic mass is 16.6. The molecule has 0 spiro atoms. The van der Waals surface area contributed by atoms with Gasteiger partial charge in [-0.05, 0) is 60.7 Å². The van der Waals surface area contributed by atoms with Crippen molar-refractivity contribution in [2.45, 2.75) is 0 Å². The molecule has 0 atom stereocenters. The molecule has 4 rings (SSSR count). The van der Waals surface area contributed by atoms with Crippen LogP contribution in [0, 0.1) is 0 Å². The van der Waals surface area contributed by atoms with E-state index in [-0.39, 0.29) is 5.91 Å². The van der Waals surface area contributed by atoms with Gasteiger partial charge in [0.1, 0.15) is 19.0 Å². The van der Waals surface area contributed by atoms with E-state index in [0.717, 1.165) is 5.75 Å². The predicted molar refractivity (Wildman–Crippen MR) is 152 cm³/mol. The fraction of sp³-hybridized carbons (Fsp3) is 0.367. The van der Waals surface area contributed by atoms with E-state index in [1.807, 2.05) is 24.3 Å². The predicted octanol–water partition coefficient (Wildman–Crippen LogP) is 5.20. The molecular weight excluding hydrogens is 530 g/mol. The lowest BCUT2D eigenvalue weighted by atomic mass is 10.2. The molecule has 0 aliphatic carbocycles. The van der Waals surface area contributed by atoms with Gasteiger partial charge in [0, 0.05) is 17.3 Å². The molecule has 1 N–H and O–H groups in total. The van der Waals surface area contributed by atoms with E-state index >= 15 is 0 Å². The Morgan fingerprint density at radius 1 is 0.634 bits per heavy atom. The third kappa shape index (κ3) is 10.5. The molecule has 11 heteroatoms. The lowest BCUT2D eigenvalue weighted by molar-refractivity contribution is -0.00841. The number of nitrogens with zero attached hydrogens (tertiary/aromatic N) is 2. The average Bonchev–Trinajstić information content (AvgIpc) is 3.00. The molecule has 0 saturated carbocycles. The fourth-order valence-corrected chi connectivity index (χ4v) is 3.65. The van der Waals surface area contributed by atoms with E-state index in [1.54, 1.807) is 49.6 Å². The maximum absolute atomic E-state index is 12.9. The van der Waals surface area contributed by atoms with E-state index in [4.69, 9.17) is 33.2 Å². The zero-order valence-corrected chi connectivity index (χ0v) is 23.1. The summed E-state index contributed by atoms with van der Waals surface area (Å²) >= 11 is 0. The first kappa shape index (κ1) is 29.9. The second kappa shape index (κ2) is 16.9. The Bertz CT molecular complexity index is 1240. The topological polar surface area (TPSA) is 118 Å². The molecule has 11 nitrogen and oxygen atoms in total. The van der Waals surface area contributed by atoms with Crippen molar-refractivity contribution in [3.05, 3.63) is 72.3 Å². The second-order valence-corrected chi connectivity index (χ2v) is 8.71. The summed E-state index contributed by atoms with van der Waals surface area (Å²) < 4.78 is 39.0. The van der Waals surface area contributed by atoms with Gasteiger partial charge >= 0.3 is 0 Å². The van der Waals surface area contributed by atoms with E-state index in [0.29, 0.717) is 100 Å². The highest BCUT2D eigenvalue weighted by Gasteiger charge is 2.11. The number of azo groups is 1. The second-order valence-electron chi connectivity index (χ2n) is 8.71. The number of rotatable bonds is 5. The van der Waals surface area contributed by atoms with Gasteiger partial charge in [0.05, 0.1) is 71.3 Å². The van der Waals surface area contributed by atoms with Crippen molar-refractivity contribution >= 4 is 23.0 Å². The van der Waals surface area contributed by atoms with Gasteiger partial charge in [0.2, 0.25) is 0 Å². The van der Waals surface area contributed by atoms with Crippen LogP contribution in [0.3, 0.4) is 0 Å². The van der Waals surface area contributed by atoms with Crippen molar-refractivity contribution in [2.24, 2.45) is 10.2 Å². The Morgan fingerprint density at radius 3 is 1.66 bits per heavy atom. The van der Waals surface area contributed by atoms with Crippen LogP contribution in [0.5, 0.6) is 17.2 Å². The van der Waals surface area contributed by atoms with Gasteiger partial charge < -0.3 is 38.5 Å².